The number of ether oxygens (including phenoxy) is 4. The number of cyclic esters (lactones) is 2. The average molecular weight is 888 g/mol. The standard InChI is InChI=1S/C46H68BO16/c1-29-19-15-11-7-9-13-17-21-33(48)28-36(51)32(4)38-24-26-44(6,55)46(59-38)40-42(53)57-30(2)20-16-12-8-10-14-18-22-34(49)27-35(50)31(3)37-23-25-43(5,54)45(58-37)39(41(52)56-29)60-47(61-40,62-45)63-46/h7-14,29-34,37-40,48-49,54-55H,15-28H2,1-6H3/q-1/b11-7-,12-8-,13-9+,14-10+/t29-,30-,31+,32+,33-,34-,37-,38-,39-,40-,43-,44-,45+,46+,47?/m0/s1. The number of ketones is 2. The largest absolute Gasteiger partial charge is 0.536 e. The molecule has 4 fully saturated rings. The molecule has 0 amide bonds. The van der Waals surface area contributed by atoms with Gasteiger partial charge in [-0.15, -0.1) is 0 Å². The zero-order valence-electron chi connectivity index (χ0n) is 37.6. The van der Waals surface area contributed by atoms with Crippen LogP contribution in [0.4, 0.5) is 0 Å². The van der Waals surface area contributed by atoms with Gasteiger partial charge in [-0.3, -0.25) is 9.59 Å². The first-order valence-electron chi connectivity index (χ1n) is 22.9. The molecule has 352 valence electrons. The fraction of sp³-hybridized carbons (Fsp3) is 0.739. The summed E-state index contributed by atoms with van der Waals surface area (Å²) in [7, 11) is 0. The van der Waals surface area contributed by atoms with E-state index in [4.69, 9.17) is 37.6 Å². The van der Waals surface area contributed by atoms with Gasteiger partial charge in [0.05, 0.1) is 36.6 Å². The van der Waals surface area contributed by atoms with E-state index in [2.05, 4.69) is 0 Å². The lowest BCUT2D eigenvalue weighted by atomic mass is 9.79. The van der Waals surface area contributed by atoms with Crippen LogP contribution in [0.1, 0.15) is 131 Å². The lowest BCUT2D eigenvalue weighted by Crippen LogP contribution is -2.68. The molecular weight excluding hydrogens is 819 g/mol. The molecule has 4 N–H and O–H groups in total. The van der Waals surface area contributed by atoms with Crippen molar-refractivity contribution in [1.82, 2.24) is 0 Å². The molecule has 0 radical (unpaired) electrons. The van der Waals surface area contributed by atoms with E-state index in [0.29, 0.717) is 51.4 Å². The van der Waals surface area contributed by atoms with Crippen molar-refractivity contribution in [2.24, 2.45) is 11.8 Å². The first kappa shape index (κ1) is 49.3. The Kier molecular flexibility index (Phi) is 15.8. The first-order chi connectivity index (χ1) is 29.7. The van der Waals surface area contributed by atoms with E-state index in [-0.39, 0.29) is 50.1 Å². The van der Waals surface area contributed by atoms with Crippen LogP contribution in [0.25, 0.3) is 0 Å². The zero-order chi connectivity index (χ0) is 45.8. The molecule has 17 heteroatoms. The number of esters is 2. The summed E-state index contributed by atoms with van der Waals surface area (Å²) in [6.07, 6.45) is 8.97. The molecular formula is C46H68BO16-. The Morgan fingerprint density at radius 1 is 0.556 bits per heavy atom. The molecule has 16 nitrogen and oxygen atoms in total. The highest BCUT2D eigenvalue weighted by Crippen LogP contribution is 2.57. The fourth-order valence-electron chi connectivity index (χ4n) is 9.40. The molecule has 0 saturated carbocycles. The lowest BCUT2D eigenvalue weighted by Gasteiger charge is -2.53. The van der Waals surface area contributed by atoms with Gasteiger partial charge in [0.25, 0.3) is 0 Å². The molecule has 6 heterocycles. The van der Waals surface area contributed by atoms with Crippen molar-refractivity contribution in [2.75, 3.05) is 0 Å². The molecule has 7 bridgehead atoms. The van der Waals surface area contributed by atoms with Gasteiger partial charge in [-0.1, -0.05) is 62.5 Å². The van der Waals surface area contributed by atoms with Crippen LogP contribution in [0.5, 0.6) is 0 Å². The first-order valence-corrected chi connectivity index (χ1v) is 22.9. The van der Waals surface area contributed by atoms with Crippen molar-refractivity contribution >= 4 is 30.5 Å². The summed E-state index contributed by atoms with van der Waals surface area (Å²) >= 11 is 0. The van der Waals surface area contributed by atoms with Crippen molar-refractivity contribution in [3.8, 4) is 0 Å². The average Bonchev–Trinajstić information content (AvgIpc) is 3.72. The van der Waals surface area contributed by atoms with Gasteiger partial charge in [0.1, 0.15) is 22.8 Å². The highest BCUT2D eigenvalue weighted by molar-refractivity contribution is 6.56. The van der Waals surface area contributed by atoms with E-state index >= 15 is 0 Å². The number of hydrogen-bond donors (Lipinski definition) is 4. The van der Waals surface area contributed by atoms with E-state index in [9.17, 15) is 39.6 Å². The third-order valence-electron chi connectivity index (χ3n) is 13.6. The monoisotopic (exact) mass is 887 g/mol. The van der Waals surface area contributed by atoms with Gasteiger partial charge < -0.3 is 58.0 Å². The Morgan fingerprint density at radius 2 is 0.905 bits per heavy atom. The number of allylic oxidation sites excluding steroid dienone is 8. The van der Waals surface area contributed by atoms with Gasteiger partial charge in [-0.2, -0.15) is 0 Å². The van der Waals surface area contributed by atoms with E-state index in [1.54, 1.807) is 27.7 Å². The van der Waals surface area contributed by atoms with Gasteiger partial charge in [-0.05, 0) is 105 Å². The Balaban J connectivity index is 1.47. The van der Waals surface area contributed by atoms with Crippen LogP contribution in [0.15, 0.2) is 48.6 Å². The topological polar surface area (TPSA) is 223 Å². The molecule has 4 saturated heterocycles. The van der Waals surface area contributed by atoms with Crippen molar-refractivity contribution in [3.05, 3.63) is 48.6 Å². The van der Waals surface area contributed by atoms with Crippen LogP contribution in [0, 0.1) is 11.8 Å². The van der Waals surface area contributed by atoms with Crippen molar-refractivity contribution in [2.45, 2.75) is 203 Å². The minimum atomic E-state index is -3.90. The van der Waals surface area contributed by atoms with Crippen LogP contribution >= 0.6 is 0 Å². The highest BCUT2D eigenvalue weighted by Gasteiger charge is 2.77. The minimum Gasteiger partial charge on any atom is -0.504 e. The Hall–Kier alpha value is -3.10. The smallest absolute Gasteiger partial charge is 0.504 e. The second-order valence-electron chi connectivity index (χ2n) is 18.9. The summed E-state index contributed by atoms with van der Waals surface area (Å²) in [5.74, 6) is -9.43. The molecule has 0 aromatic rings. The predicted molar refractivity (Wildman–Crippen MR) is 227 cm³/mol. The number of fused-ring (bicyclic) bond motifs is 4. The Morgan fingerprint density at radius 3 is 1.27 bits per heavy atom. The van der Waals surface area contributed by atoms with Gasteiger partial charge in [0, 0.05) is 24.7 Å². The molecule has 6 aliphatic rings. The van der Waals surface area contributed by atoms with Crippen LogP contribution in [-0.4, -0.2) is 122 Å². The van der Waals surface area contributed by atoms with Crippen LogP contribution in [0.2, 0.25) is 0 Å². The summed E-state index contributed by atoms with van der Waals surface area (Å²) < 4.78 is 51.2. The zero-order valence-corrected chi connectivity index (χ0v) is 37.6. The second-order valence-corrected chi connectivity index (χ2v) is 18.9. The predicted octanol–water partition coefficient (Wildman–Crippen LogP) is 4.65. The summed E-state index contributed by atoms with van der Waals surface area (Å²) in [6.45, 7) is 5.49. The van der Waals surface area contributed by atoms with Crippen LogP contribution < -0.4 is 0 Å². The molecule has 6 rings (SSSR count). The maximum atomic E-state index is 14.5. The maximum absolute atomic E-state index is 14.5. The van der Waals surface area contributed by atoms with Gasteiger partial charge in [-0.25, -0.2) is 9.59 Å². The van der Waals surface area contributed by atoms with E-state index < -0.39 is 102 Å². The number of carbonyl (C=O) groups is 4. The summed E-state index contributed by atoms with van der Waals surface area (Å²) in [5.41, 5.74) is -4.13. The minimum absolute atomic E-state index is 0.0841. The van der Waals surface area contributed by atoms with E-state index in [1.165, 1.54) is 13.8 Å². The third kappa shape index (κ3) is 10.8. The fourth-order valence-corrected chi connectivity index (χ4v) is 9.40. The van der Waals surface area contributed by atoms with Gasteiger partial charge in [0.2, 0.25) is 0 Å². The summed E-state index contributed by atoms with van der Waals surface area (Å²) in [4.78, 5) is 56.6. The van der Waals surface area contributed by atoms with Gasteiger partial charge >= 0.3 is 18.9 Å². The lowest BCUT2D eigenvalue weighted by molar-refractivity contribution is -0.345. The molecule has 3 spiro atoms. The number of carbonyl (C=O) groups excluding carboxylic acids is 4. The van der Waals surface area contributed by atoms with Gasteiger partial charge in [0.15, 0.2) is 23.8 Å². The number of aliphatic hydroxyl groups is 4. The molecule has 6 aliphatic heterocycles. The highest BCUT2D eigenvalue weighted by atomic mass is 17.0. The molecule has 14 atom stereocenters. The van der Waals surface area contributed by atoms with E-state index in [1.807, 2.05) is 48.6 Å². The summed E-state index contributed by atoms with van der Waals surface area (Å²) in [5, 5.41) is 46.4. The SMILES string of the molecule is C[C@@H]1C(=O)C[C@@H](O)CC/C=C/C=C\CC[C@H](C)OC(=O)[C@@H]2O[B-]34O[C@@H](C(=O)O[C@@H](C)CC/C=C\C=C\CC[C@H](O)CC(=O)[C@@H](C)[C@@H]5CC[C@](C)(O)[C@]2(O5)O3)[C@@]2(O[C@H]1CC[C@]2(C)O)O4. The van der Waals surface area contributed by atoms with Crippen molar-refractivity contribution < 1.29 is 77.2 Å². The summed E-state index contributed by atoms with van der Waals surface area (Å²) in [6, 6.07) is 0. The van der Waals surface area contributed by atoms with Crippen LogP contribution in [-0.2, 0) is 56.7 Å². The molecule has 0 aliphatic carbocycles. The molecule has 0 aromatic carbocycles. The second kappa shape index (κ2) is 20.2. The number of Topliss-reactive ketones (excluding diaryl/α,β-unsaturated/α-hetero) is 2. The molecule has 63 heavy (non-hydrogen) atoms. The van der Waals surface area contributed by atoms with Crippen molar-refractivity contribution in [1.29, 1.82) is 0 Å². The third-order valence-corrected chi connectivity index (χ3v) is 13.6. The normalized spacial score (nSPS) is 47.5. The number of rotatable bonds is 0. The maximum Gasteiger partial charge on any atom is 0.536 e. The molecule has 0 aromatic heterocycles. The number of hydrogen-bond acceptors (Lipinski definition) is 16. The van der Waals surface area contributed by atoms with Crippen molar-refractivity contribution in [3.63, 3.8) is 0 Å². The molecule has 0 unspecified atom stereocenters. The Bertz CT molecular complexity index is 1650. The van der Waals surface area contributed by atoms with Crippen LogP contribution in [0.3, 0.4) is 0 Å². The number of aliphatic hydroxyl groups excluding tert-OH is 2. The Labute approximate surface area is 370 Å². The quantitative estimate of drug-likeness (QED) is 0.192. The van der Waals surface area contributed by atoms with E-state index in [0.717, 1.165) is 0 Å².